The molecule has 264 valence electrons. The first-order valence-corrected chi connectivity index (χ1v) is 17.9. The number of nitro benzene ring substituents is 1. The Labute approximate surface area is 312 Å². The molecule has 0 fully saturated rings. The molecule has 0 saturated carbocycles. The summed E-state index contributed by atoms with van der Waals surface area (Å²) >= 11 is 2.65. The summed E-state index contributed by atoms with van der Waals surface area (Å²) in [7, 11) is 1.60. The average molecular weight is 742 g/mol. The summed E-state index contributed by atoms with van der Waals surface area (Å²) in [6.07, 6.45) is 1.27. The Hall–Kier alpha value is -6.57. The third-order valence-electron chi connectivity index (χ3n) is 7.77. The quantitative estimate of drug-likeness (QED) is 0.0461. The monoisotopic (exact) mass is 741 g/mol. The lowest BCUT2D eigenvalue weighted by molar-refractivity contribution is -0.385. The van der Waals surface area contributed by atoms with E-state index in [4.69, 9.17) is 4.74 Å². The second-order valence-electron chi connectivity index (χ2n) is 11.3. The number of nitrogens with zero attached hydrogens (tertiary/aromatic N) is 2. The smallest absolute Gasteiger partial charge is 0.276 e. The Balaban J connectivity index is 1.19. The molecular formula is C40H31N5O6S2. The summed E-state index contributed by atoms with van der Waals surface area (Å²) in [5.74, 6) is -0.801. The van der Waals surface area contributed by atoms with Crippen molar-refractivity contribution in [1.29, 1.82) is 0 Å². The topological polar surface area (TPSA) is 153 Å². The van der Waals surface area contributed by atoms with Gasteiger partial charge in [-0.3, -0.25) is 24.5 Å². The lowest BCUT2D eigenvalue weighted by Crippen LogP contribution is -2.30. The summed E-state index contributed by atoms with van der Waals surface area (Å²) in [5, 5.41) is 21.7. The maximum Gasteiger partial charge on any atom is 0.276 e. The predicted octanol–water partition coefficient (Wildman–Crippen LogP) is 8.61. The molecule has 53 heavy (non-hydrogen) atoms. The van der Waals surface area contributed by atoms with Crippen LogP contribution in [-0.2, 0) is 9.59 Å². The Morgan fingerprint density at radius 2 is 1.55 bits per heavy atom. The first-order valence-electron chi connectivity index (χ1n) is 16.1. The molecule has 3 N–H and O–H groups in total. The zero-order chi connectivity index (χ0) is 37.2. The maximum atomic E-state index is 13.7. The molecule has 5 aromatic carbocycles. The minimum absolute atomic E-state index is 0.141. The van der Waals surface area contributed by atoms with Gasteiger partial charge in [-0.2, -0.15) is 0 Å². The molecule has 1 heterocycles. The molecule has 0 saturated heterocycles. The van der Waals surface area contributed by atoms with Gasteiger partial charge in [0.25, 0.3) is 17.5 Å². The standard InChI is InChI=1S/C40H31N5O6S2/c1-51-31-17-10-16-28(23-31)34-25-52-40(43-34)44-39(48)36(26-11-4-2-5-12-26)53-32-21-19-30(20-22-32)41-38(47)33(42-37(46)27-13-6-3-7-14-27)24-29-15-8-9-18-35(29)45(49)50/h2-25,36H,1H3,(H,41,47)(H,42,46)(H,43,44,48)/b33-24-. The Bertz CT molecular complexity index is 2280. The van der Waals surface area contributed by atoms with Gasteiger partial charge in [0.1, 0.15) is 16.7 Å². The number of hydrogen-bond donors (Lipinski definition) is 3. The van der Waals surface area contributed by atoms with Crippen LogP contribution in [0.15, 0.2) is 149 Å². The van der Waals surface area contributed by atoms with Gasteiger partial charge in [0.15, 0.2) is 5.13 Å². The first-order chi connectivity index (χ1) is 25.8. The van der Waals surface area contributed by atoms with Crippen LogP contribution < -0.4 is 20.7 Å². The number of para-hydroxylation sites is 1. The van der Waals surface area contributed by atoms with E-state index in [2.05, 4.69) is 20.9 Å². The average Bonchev–Trinajstić information content (AvgIpc) is 3.66. The van der Waals surface area contributed by atoms with E-state index in [1.165, 1.54) is 47.4 Å². The van der Waals surface area contributed by atoms with E-state index in [0.29, 0.717) is 27.8 Å². The van der Waals surface area contributed by atoms with Crippen LogP contribution in [0.2, 0.25) is 0 Å². The minimum Gasteiger partial charge on any atom is -0.497 e. The summed E-state index contributed by atoms with van der Waals surface area (Å²) in [5.41, 5.74) is 2.80. The minimum atomic E-state index is -0.689. The predicted molar refractivity (Wildman–Crippen MR) is 208 cm³/mol. The number of thioether (sulfide) groups is 1. The number of nitrogens with one attached hydrogen (secondary N) is 3. The number of thiazole rings is 1. The van der Waals surface area contributed by atoms with Gasteiger partial charge in [0.2, 0.25) is 5.91 Å². The lowest BCUT2D eigenvalue weighted by atomic mass is 10.1. The van der Waals surface area contributed by atoms with Crippen molar-refractivity contribution in [3.63, 3.8) is 0 Å². The molecule has 1 unspecified atom stereocenters. The molecule has 11 nitrogen and oxygen atoms in total. The molecule has 3 amide bonds. The van der Waals surface area contributed by atoms with E-state index < -0.39 is 22.0 Å². The van der Waals surface area contributed by atoms with Gasteiger partial charge in [-0.1, -0.05) is 72.8 Å². The normalized spacial score (nSPS) is 11.6. The Kier molecular flexibility index (Phi) is 11.7. The van der Waals surface area contributed by atoms with Crippen molar-refractivity contribution in [1.82, 2.24) is 10.3 Å². The maximum absolute atomic E-state index is 13.7. The van der Waals surface area contributed by atoms with Crippen molar-refractivity contribution in [2.24, 2.45) is 0 Å². The molecule has 0 radical (unpaired) electrons. The van der Waals surface area contributed by atoms with Gasteiger partial charge in [-0.15, -0.1) is 23.1 Å². The van der Waals surface area contributed by atoms with Crippen molar-refractivity contribution >= 4 is 63.4 Å². The zero-order valence-corrected chi connectivity index (χ0v) is 29.7. The highest BCUT2D eigenvalue weighted by Gasteiger charge is 2.24. The lowest BCUT2D eigenvalue weighted by Gasteiger charge is -2.17. The van der Waals surface area contributed by atoms with Crippen molar-refractivity contribution in [3.05, 3.63) is 171 Å². The van der Waals surface area contributed by atoms with Gasteiger partial charge in [-0.25, -0.2) is 4.98 Å². The molecule has 6 aromatic rings. The van der Waals surface area contributed by atoms with Crippen molar-refractivity contribution in [2.45, 2.75) is 10.1 Å². The number of carbonyl (C=O) groups is 3. The molecule has 0 aliphatic rings. The second-order valence-corrected chi connectivity index (χ2v) is 13.4. The summed E-state index contributed by atoms with van der Waals surface area (Å²) in [6, 6.07) is 38.0. The van der Waals surface area contributed by atoms with Crippen LogP contribution in [0, 0.1) is 10.1 Å². The summed E-state index contributed by atoms with van der Waals surface area (Å²) in [6.45, 7) is 0. The van der Waals surface area contributed by atoms with Crippen LogP contribution in [0.3, 0.4) is 0 Å². The van der Waals surface area contributed by atoms with Gasteiger partial charge >= 0.3 is 0 Å². The fourth-order valence-corrected chi connectivity index (χ4v) is 6.89. The van der Waals surface area contributed by atoms with Crippen LogP contribution in [0.25, 0.3) is 17.3 Å². The van der Waals surface area contributed by atoms with Crippen molar-refractivity contribution < 1.29 is 24.0 Å². The number of ether oxygens (including phenoxy) is 1. The Morgan fingerprint density at radius 3 is 2.26 bits per heavy atom. The van der Waals surface area contributed by atoms with E-state index in [9.17, 15) is 24.5 Å². The molecule has 6 rings (SSSR count). The highest BCUT2D eigenvalue weighted by Crippen LogP contribution is 2.37. The number of benzene rings is 5. The number of carbonyl (C=O) groups excluding carboxylic acids is 3. The highest BCUT2D eigenvalue weighted by molar-refractivity contribution is 8.00. The molecular weight excluding hydrogens is 711 g/mol. The molecule has 0 spiro atoms. The first kappa shape index (κ1) is 36.2. The zero-order valence-electron chi connectivity index (χ0n) is 28.1. The molecule has 1 atom stereocenters. The second kappa shape index (κ2) is 17.1. The highest BCUT2D eigenvalue weighted by atomic mass is 32.2. The van der Waals surface area contributed by atoms with E-state index >= 15 is 0 Å². The Morgan fingerprint density at radius 1 is 0.849 bits per heavy atom. The fraction of sp³-hybridized carbons (Fsp3) is 0.0500. The molecule has 0 aliphatic heterocycles. The van der Waals surface area contributed by atoms with E-state index in [1.807, 2.05) is 60.0 Å². The largest absolute Gasteiger partial charge is 0.497 e. The van der Waals surface area contributed by atoms with Crippen LogP contribution >= 0.6 is 23.1 Å². The third-order valence-corrected chi connectivity index (χ3v) is 9.79. The van der Waals surface area contributed by atoms with E-state index in [0.717, 1.165) is 16.0 Å². The molecule has 0 bridgehead atoms. The molecule has 13 heteroatoms. The number of nitro groups is 1. The van der Waals surface area contributed by atoms with Crippen LogP contribution in [0.1, 0.15) is 26.7 Å². The number of rotatable bonds is 13. The molecule has 1 aromatic heterocycles. The van der Waals surface area contributed by atoms with Gasteiger partial charge in [0, 0.05) is 33.2 Å². The van der Waals surface area contributed by atoms with Gasteiger partial charge in [-0.05, 0) is 66.2 Å². The fourth-order valence-electron chi connectivity index (χ4n) is 5.14. The van der Waals surface area contributed by atoms with Crippen LogP contribution in [0.4, 0.5) is 16.5 Å². The van der Waals surface area contributed by atoms with Crippen LogP contribution in [0.5, 0.6) is 5.75 Å². The number of anilines is 2. The summed E-state index contributed by atoms with van der Waals surface area (Å²) in [4.78, 5) is 56.8. The number of hydrogen-bond acceptors (Lipinski definition) is 9. The van der Waals surface area contributed by atoms with E-state index in [1.54, 1.807) is 67.8 Å². The van der Waals surface area contributed by atoms with Crippen molar-refractivity contribution in [2.75, 3.05) is 17.7 Å². The number of aromatic nitrogens is 1. The molecule has 0 aliphatic carbocycles. The summed E-state index contributed by atoms with van der Waals surface area (Å²) < 4.78 is 5.33. The third kappa shape index (κ3) is 9.41. The van der Waals surface area contributed by atoms with Gasteiger partial charge < -0.3 is 20.7 Å². The van der Waals surface area contributed by atoms with Gasteiger partial charge in [0.05, 0.1) is 23.3 Å². The number of methoxy groups -OCH3 is 1. The SMILES string of the molecule is COc1cccc(-c2csc(NC(=O)C(Sc3ccc(NC(=O)/C(=C/c4ccccc4[N+](=O)[O-])NC(=O)c4ccccc4)cc3)c3ccccc3)n2)c1. The van der Waals surface area contributed by atoms with Crippen molar-refractivity contribution in [3.8, 4) is 17.0 Å². The van der Waals surface area contributed by atoms with Crippen LogP contribution in [-0.4, -0.2) is 34.7 Å². The van der Waals surface area contributed by atoms with E-state index in [-0.39, 0.29) is 22.9 Å². The number of amides is 3.